The van der Waals surface area contributed by atoms with E-state index >= 15 is 0 Å². The highest BCUT2D eigenvalue weighted by Crippen LogP contribution is 2.33. The van der Waals surface area contributed by atoms with Crippen molar-refractivity contribution in [3.8, 4) is 0 Å². The van der Waals surface area contributed by atoms with Gasteiger partial charge in [0.25, 0.3) is 0 Å². The Morgan fingerprint density at radius 3 is 1.83 bits per heavy atom. The maximum atomic E-state index is 12.4. The third-order valence-corrected chi connectivity index (χ3v) is 2.27. The maximum absolute atomic E-state index is 12.4. The van der Waals surface area contributed by atoms with Crippen LogP contribution in [0, 0.1) is 0 Å². The van der Waals surface area contributed by atoms with Crippen LogP contribution < -0.4 is 5.32 Å². The Morgan fingerprint density at radius 1 is 1.33 bits per heavy atom. The molecule has 2 nitrogen and oxygen atoms in total. The van der Waals surface area contributed by atoms with E-state index in [-0.39, 0.29) is 0 Å². The number of nitrogens with one attached hydrogen (secondary N) is 1. The number of likely N-dealkylation sites (N-methyl/N-ethyl adjacent to an activating group) is 1. The van der Waals surface area contributed by atoms with E-state index in [1.165, 1.54) is 21.1 Å². The lowest BCUT2D eigenvalue weighted by Gasteiger charge is -2.36. The van der Waals surface area contributed by atoms with Crippen LogP contribution in [0.1, 0.15) is 13.8 Å². The molecule has 12 heavy (non-hydrogen) atoms. The molecule has 1 N–H and O–H groups in total. The third-order valence-electron chi connectivity index (χ3n) is 2.27. The predicted octanol–water partition coefficient (Wildman–Crippen LogP) is 1.56. The monoisotopic (exact) mass is 185 g/mol. The summed E-state index contributed by atoms with van der Waals surface area (Å²) in [6, 6.07) is 0. The van der Waals surface area contributed by atoms with Gasteiger partial charge in [0.1, 0.15) is 5.54 Å². The molecule has 2 atom stereocenters. The summed E-state index contributed by atoms with van der Waals surface area (Å²) in [6.07, 6.45) is -5.22. The van der Waals surface area contributed by atoms with Crippen molar-refractivity contribution in [2.45, 2.75) is 31.7 Å². The number of rotatable bonds is 3. The zero-order chi connectivity index (χ0) is 9.99. The molecular weight excluding hydrogens is 171 g/mol. The van der Waals surface area contributed by atoms with E-state index < -0.39 is 17.8 Å². The minimum absolute atomic E-state index is 0.914. The van der Waals surface area contributed by atoms with Gasteiger partial charge in [-0.1, -0.05) is 0 Å². The van der Waals surface area contributed by atoms with Crippen molar-refractivity contribution >= 4 is 0 Å². The van der Waals surface area contributed by atoms with Crippen LogP contribution in [-0.4, -0.2) is 32.0 Å². The second-order valence-electron chi connectivity index (χ2n) is 2.83. The molecular formula is C7H14F3NO. The van der Waals surface area contributed by atoms with Crippen molar-refractivity contribution in [1.29, 1.82) is 0 Å². The van der Waals surface area contributed by atoms with Crippen LogP contribution in [0.2, 0.25) is 0 Å². The fourth-order valence-corrected chi connectivity index (χ4v) is 0.811. The van der Waals surface area contributed by atoms with Crippen LogP contribution >= 0.6 is 0 Å². The quantitative estimate of drug-likeness (QED) is 0.720. The molecule has 0 radical (unpaired) electrons. The first-order valence-electron chi connectivity index (χ1n) is 3.58. The third kappa shape index (κ3) is 1.90. The van der Waals surface area contributed by atoms with Gasteiger partial charge in [-0.05, 0) is 20.9 Å². The summed E-state index contributed by atoms with van der Waals surface area (Å²) in [5, 5.41) is 2.22. The number of alkyl halides is 3. The molecule has 0 saturated heterocycles. The molecule has 2 unspecified atom stereocenters. The molecule has 74 valence electrons. The molecule has 0 bridgehead atoms. The molecule has 0 amide bonds. The molecule has 0 aliphatic rings. The predicted molar refractivity (Wildman–Crippen MR) is 40.0 cm³/mol. The molecule has 0 heterocycles. The van der Waals surface area contributed by atoms with Crippen molar-refractivity contribution < 1.29 is 17.9 Å². The van der Waals surface area contributed by atoms with Crippen LogP contribution in [-0.2, 0) is 4.74 Å². The average molecular weight is 185 g/mol. The highest BCUT2D eigenvalue weighted by atomic mass is 19.4. The summed E-state index contributed by atoms with van der Waals surface area (Å²) in [5.41, 5.74) is -1.98. The second kappa shape index (κ2) is 3.62. The zero-order valence-electron chi connectivity index (χ0n) is 7.62. The standard InChI is InChI=1S/C7H14F3NO/c1-5(12-4)6(2,11-3)7(8,9)10/h5,11H,1-4H3. The van der Waals surface area contributed by atoms with Gasteiger partial charge in [0, 0.05) is 7.11 Å². The van der Waals surface area contributed by atoms with Gasteiger partial charge in [-0.15, -0.1) is 0 Å². The molecule has 0 aromatic carbocycles. The Morgan fingerprint density at radius 2 is 1.75 bits per heavy atom. The highest BCUT2D eigenvalue weighted by Gasteiger charge is 2.53. The smallest absolute Gasteiger partial charge is 0.379 e. The number of methoxy groups -OCH3 is 1. The number of ether oxygens (including phenoxy) is 1. The van der Waals surface area contributed by atoms with Crippen molar-refractivity contribution in [3.63, 3.8) is 0 Å². The summed E-state index contributed by atoms with van der Waals surface area (Å²) in [5.74, 6) is 0. The second-order valence-corrected chi connectivity index (χ2v) is 2.83. The van der Waals surface area contributed by atoms with Gasteiger partial charge in [0.05, 0.1) is 6.10 Å². The zero-order valence-corrected chi connectivity index (χ0v) is 7.62. The maximum Gasteiger partial charge on any atom is 0.408 e. The topological polar surface area (TPSA) is 21.3 Å². The summed E-state index contributed by atoms with van der Waals surface area (Å²) in [6.45, 7) is 2.45. The van der Waals surface area contributed by atoms with Gasteiger partial charge in [-0.2, -0.15) is 13.2 Å². The first-order valence-corrected chi connectivity index (χ1v) is 3.58. The minimum atomic E-state index is -4.31. The minimum Gasteiger partial charge on any atom is -0.379 e. The summed E-state index contributed by atoms with van der Waals surface area (Å²) >= 11 is 0. The molecule has 0 saturated carbocycles. The van der Waals surface area contributed by atoms with Crippen LogP contribution in [0.3, 0.4) is 0 Å². The van der Waals surface area contributed by atoms with Crippen LogP contribution in [0.15, 0.2) is 0 Å². The molecule has 0 rings (SSSR count). The Bertz CT molecular complexity index is 148. The average Bonchev–Trinajstić information content (AvgIpc) is 1.99. The Hall–Kier alpha value is -0.290. The lowest BCUT2D eigenvalue weighted by atomic mass is 9.95. The van der Waals surface area contributed by atoms with E-state index in [0.717, 1.165) is 6.92 Å². The van der Waals surface area contributed by atoms with Gasteiger partial charge in [0.2, 0.25) is 0 Å². The summed E-state index contributed by atoms with van der Waals surface area (Å²) < 4.78 is 41.8. The van der Waals surface area contributed by atoms with Crippen LogP contribution in [0.4, 0.5) is 13.2 Å². The van der Waals surface area contributed by atoms with Crippen LogP contribution in [0.5, 0.6) is 0 Å². The highest BCUT2D eigenvalue weighted by molar-refractivity contribution is 4.94. The van der Waals surface area contributed by atoms with E-state index in [1.54, 1.807) is 0 Å². The van der Waals surface area contributed by atoms with Crippen molar-refractivity contribution in [1.82, 2.24) is 5.32 Å². The largest absolute Gasteiger partial charge is 0.408 e. The Kier molecular flexibility index (Phi) is 3.53. The number of hydrogen-bond acceptors (Lipinski definition) is 2. The van der Waals surface area contributed by atoms with E-state index in [1.807, 2.05) is 0 Å². The van der Waals surface area contributed by atoms with Crippen LogP contribution in [0.25, 0.3) is 0 Å². The molecule has 0 aliphatic carbocycles. The first kappa shape index (κ1) is 11.7. The SMILES string of the molecule is CNC(C)(C(C)OC)C(F)(F)F. The fourth-order valence-electron chi connectivity index (χ4n) is 0.811. The molecule has 0 aromatic rings. The molecule has 0 spiro atoms. The van der Waals surface area contributed by atoms with Gasteiger partial charge in [-0.3, -0.25) is 0 Å². The summed E-state index contributed by atoms with van der Waals surface area (Å²) in [4.78, 5) is 0. The van der Waals surface area contributed by atoms with Gasteiger partial charge in [0.15, 0.2) is 0 Å². The lowest BCUT2D eigenvalue weighted by Crippen LogP contribution is -2.60. The van der Waals surface area contributed by atoms with E-state index in [9.17, 15) is 13.2 Å². The number of hydrogen-bond donors (Lipinski definition) is 1. The first-order chi connectivity index (χ1) is 5.29. The van der Waals surface area contributed by atoms with E-state index in [4.69, 9.17) is 0 Å². The molecule has 0 aromatic heterocycles. The Labute approximate surface area is 70.1 Å². The molecule has 0 fully saturated rings. The van der Waals surface area contributed by atoms with Gasteiger partial charge >= 0.3 is 6.18 Å². The van der Waals surface area contributed by atoms with E-state index in [0.29, 0.717) is 0 Å². The normalized spacial score (nSPS) is 20.2. The van der Waals surface area contributed by atoms with Gasteiger partial charge in [-0.25, -0.2) is 0 Å². The van der Waals surface area contributed by atoms with Crippen molar-refractivity contribution in [2.24, 2.45) is 0 Å². The van der Waals surface area contributed by atoms with E-state index in [2.05, 4.69) is 10.1 Å². The lowest BCUT2D eigenvalue weighted by molar-refractivity contribution is -0.217. The Balaban J connectivity index is 4.67. The molecule has 5 heteroatoms. The van der Waals surface area contributed by atoms with Crippen molar-refractivity contribution in [3.05, 3.63) is 0 Å². The van der Waals surface area contributed by atoms with Gasteiger partial charge < -0.3 is 10.1 Å². The summed E-state index contributed by atoms with van der Waals surface area (Å²) in [7, 11) is 2.52. The molecule has 0 aliphatic heterocycles. The number of halogens is 3. The van der Waals surface area contributed by atoms with Crippen molar-refractivity contribution in [2.75, 3.05) is 14.2 Å². The fraction of sp³-hybridized carbons (Fsp3) is 1.00.